The Kier molecular flexibility index (Phi) is 10.9. The fourth-order valence-corrected chi connectivity index (χ4v) is 6.00. The number of sulfonamides is 1. The molecule has 0 saturated heterocycles. The SMILES string of the molecule is CC[C@H](C(=O)NC(C)(C)C)N(Cc1ccc(OC)cc1)C(=O)CN(c1cc(Cl)ccc1OC)S(=O)(=O)c1ccccc1. The van der Waals surface area contributed by atoms with Crippen molar-refractivity contribution >= 4 is 39.1 Å². The third-order valence-corrected chi connectivity index (χ3v) is 8.42. The number of ether oxygens (including phenoxy) is 2. The number of amides is 2. The zero-order chi connectivity index (χ0) is 31.1. The first-order valence-electron chi connectivity index (χ1n) is 13.5. The number of hydrogen-bond donors (Lipinski definition) is 1. The maximum Gasteiger partial charge on any atom is 0.264 e. The average molecular weight is 616 g/mol. The van der Waals surface area contributed by atoms with Crippen molar-refractivity contribution in [1.29, 1.82) is 0 Å². The van der Waals surface area contributed by atoms with E-state index in [-0.39, 0.29) is 33.8 Å². The lowest BCUT2D eigenvalue weighted by Crippen LogP contribution is -2.55. The van der Waals surface area contributed by atoms with Gasteiger partial charge in [0.15, 0.2) is 0 Å². The predicted molar refractivity (Wildman–Crippen MR) is 164 cm³/mol. The molecule has 0 saturated carbocycles. The molecule has 0 aliphatic carbocycles. The molecule has 1 atom stereocenters. The summed E-state index contributed by atoms with van der Waals surface area (Å²) in [5, 5.41) is 3.22. The molecule has 226 valence electrons. The van der Waals surface area contributed by atoms with Crippen molar-refractivity contribution < 1.29 is 27.5 Å². The largest absolute Gasteiger partial charge is 0.497 e. The van der Waals surface area contributed by atoms with Crippen LogP contribution in [0.3, 0.4) is 0 Å². The van der Waals surface area contributed by atoms with Crippen molar-refractivity contribution in [2.45, 2.75) is 57.1 Å². The van der Waals surface area contributed by atoms with Crippen molar-refractivity contribution in [2.75, 3.05) is 25.1 Å². The second-order valence-electron chi connectivity index (χ2n) is 10.7. The standard InChI is InChI=1S/C31H38ClN3O6S/c1-7-26(30(37)33-31(2,3)4)34(20-22-13-16-24(40-5)17-14-22)29(36)21-35(27-19-23(32)15-18-28(27)41-6)42(38,39)25-11-9-8-10-12-25/h8-19,26H,7,20-21H2,1-6H3,(H,33,37)/t26-/m1/s1. The summed E-state index contributed by atoms with van der Waals surface area (Å²) in [5.74, 6) is -0.0684. The number of carbonyl (C=O) groups is 2. The number of nitrogens with zero attached hydrogens (tertiary/aromatic N) is 2. The first-order valence-corrected chi connectivity index (χ1v) is 15.3. The lowest BCUT2D eigenvalue weighted by Gasteiger charge is -2.35. The summed E-state index contributed by atoms with van der Waals surface area (Å²) in [6.07, 6.45) is 0.301. The third-order valence-electron chi connectivity index (χ3n) is 6.42. The Morgan fingerprint density at radius 3 is 2.14 bits per heavy atom. The molecule has 2 amide bonds. The zero-order valence-corrected chi connectivity index (χ0v) is 26.3. The minimum atomic E-state index is -4.27. The van der Waals surface area contributed by atoms with Crippen molar-refractivity contribution in [2.24, 2.45) is 0 Å². The lowest BCUT2D eigenvalue weighted by molar-refractivity contribution is -0.141. The zero-order valence-electron chi connectivity index (χ0n) is 24.8. The van der Waals surface area contributed by atoms with E-state index in [1.165, 1.54) is 36.3 Å². The Bertz CT molecular complexity index is 1470. The van der Waals surface area contributed by atoms with E-state index in [1.54, 1.807) is 62.6 Å². The Morgan fingerprint density at radius 1 is 0.952 bits per heavy atom. The Labute approximate surface area is 253 Å². The van der Waals surface area contributed by atoms with Gasteiger partial charge in [0, 0.05) is 17.1 Å². The molecule has 3 aromatic carbocycles. The number of benzene rings is 3. The van der Waals surface area contributed by atoms with Crippen LogP contribution in [0.15, 0.2) is 77.7 Å². The Morgan fingerprint density at radius 2 is 1.60 bits per heavy atom. The molecule has 0 bridgehead atoms. The highest BCUT2D eigenvalue weighted by Crippen LogP contribution is 2.35. The molecule has 1 N–H and O–H groups in total. The highest BCUT2D eigenvalue weighted by molar-refractivity contribution is 7.92. The number of anilines is 1. The van der Waals surface area contributed by atoms with Crippen LogP contribution in [0.1, 0.15) is 39.7 Å². The second-order valence-corrected chi connectivity index (χ2v) is 13.0. The van der Waals surface area contributed by atoms with Gasteiger partial charge >= 0.3 is 0 Å². The van der Waals surface area contributed by atoms with Gasteiger partial charge in [-0.2, -0.15) is 0 Å². The van der Waals surface area contributed by atoms with Crippen molar-refractivity contribution in [3.63, 3.8) is 0 Å². The van der Waals surface area contributed by atoms with Crippen molar-refractivity contribution in [1.82, 2.24) is 10.2 Å². The maximum absolute atomic E-state index is 14.2. The molecule has 0 spiro atoms. The topological polar surface area (TPSA) is 105 Å². The first-order chi connectivity index (χ1) is 19.8. The molecule has 0 aliphatic heterocycles. The van der Waals surface area contributed by atoms with Gasteiger partial charge in [0.1, 0.15) is 24.1 Å². The van der Waals surface area contributed by atoms with E-state index in [0.29, 0.717) is 12.2 Å². The number of halogens is 1. The number of nitrogens with one attached hydrogen (secondary N) is 1. The normalized spacial score (nSPS) is 12.3. The maximum atomic E-state index is 14.2. The minimum absolute atomic E-state index is 0.0148. The smallest absolute Gasteiger partial charge is 0.264 e. The Hall–Kier alpha value is -3.76. The molecule has 0 fully saturated rings. The first kappa shape index (κ1) is 32.8. The highest BCUT2D eigenvalue weighted by Gasteiger charge is 2.35. The van der Waals surface area contributed by atoms with Gasteiger partial charge < -0.3 is 19.7 Å². The van der Waals surface area contributed by atoms with Gasteiger partial charge in [-0.25, -0.2) is 8.42 Å². The molecule has 0 aliphatic rings. The number of rotatable bonds is 12. The van der Waals surface area contributed by atoms with Gasteiger partial charge in [-0.1, -0.05) is 48.9 Å². The summed E-state index contributed by atoms with van der Waals surface area (Å²) in [5.41, 5.74) is 0.290. The third kappa shape index (κ3) is 8.17. The van der Waals surface area contributed by atoms with E-state index in [2.05, 4.69) is 5.32 Å². The molecule has 3 aromatic rings. The minimum Gasteiger partial charge on any atom is -0.497 e. The summed E-state index contributed by atoms with van der Waals surface area (Å²) >= 11 is 6.29. The lowest BCUT2D eigenvalue weighted by atomic mass is 10.1. The Balaban J connectivity index is 2.12. The quantitative estimate of drug-likeness (QED) is 0.297. The molecule has 0 unspecified atom stereocenters. The summed E-state index contributed by atoms with van der Waals surface area (Å²) in [7, 11) is -1.30. The molecule has 0 heterocycles. The molecule has 3 rings (SSSR count). The van der Waals surface area contributed by atoms with Gasteiger partial charge in [-0.15, -0.1) is 0 Å². The van der Waals surface area contributed by atoms with Gasteiger partial charge in [-0.05, 0) is 75.2 Å². The number of methoxy groups -OCH3 is 2. The summed E-state index contributed by atoms with van der Waals surface area (Å²) in [6, 6.07) is 18.6. The van der Waals surface area contributed by atoms with E-state index in [0.717, 1.165) is 9.87 Å². The van der Waals surface area contributed by atoms with Gasteiger partial charge in [0.05, 0.1) is 24.8 Å². The van der Waals surface area contributed by atoms with Crippen LogP contribution in [0, 0.1) is 0 Å². The monoisotopic (exact) mass is 615 g/mol. The molecule has 9 nitrogen and oxygen atoms in total. The van der Waals surface area contributed by atoms with Crippen LogP contribution >= 0.6 is 11.6 Å². The second kappa shape index (κ2) is 13.9. The molecule has 0 aromatic heterocycles. The molecular formula is C31H38ClN3O6S. The highest BCUT2D eigenvalue weighted by atomic mass is 35.5. The van der Waals surface area contributed by atoms with Crippen LogP contribution in [0.5, 0.6) is 11.5 Å². The summed E-state index contributed by atoms with van der Waals surface area (Å²) in [6.45, 7) is 6.82. The molecule has 11 heteroatoms. The van der Waals surface area contributed by atoms with Crippen LogP contribution < -0.4 is 19.1 Å². The molecule has 42 heavy (non-hydrogen) atoms. The molecular weight excluding hydrogens is 578 g/mol. The number of hydrogen-bond acceptors (Lipinski definition) is 6. The summed E-state index contributed by atoms with van der Waals surface area (Å²) < 4.78 is 39.7. The van der Waals surface area contributed by atoms with Crippen LogP contribution in [-0.2, 0) is 26.2 Å². The van der Waals surface area contributed by atoms with Crippen LogP contribution in [0.2, 0.25) is 5.02 Å². The van der Waals surface area contributed by atoms with E-state index >= 15 is 0 Å². The average Bonchev–Trinajstić information content (AvgIpc) is 2.95. The van der Waals surface area contributed by atoms with Gasteiger partial charge in [0.2, 0.25) is 11.8 Å². The fraction of sp³-hybridized carbons (Fsp3) is 0.355. The van der Waals surface area contributed by atoms with Crippen molar-refractivity contribution in [3.8, 4) is 11.5 Å². The van der Waals surface area contributed by atoms with Crippen LogP contribution in [0.4, 0.5) is 5.69 Å². The van der Waals surface area contributed by atoms with Crippen LogP contribution in [0.25, 0.3) is 0 Å². The van der Waals surface area contributed by atoms with E-state index in [1.807, 2.05) is 20.8 Å². The van der Waals surface area contributed by atoms with E-state index < -0.39 is 34.1 Å². The summed E-state index contributed by atoms with van der Waals surface area (Å²) in [4.78, 5) is 29.1. The molecule has 0 radical (unpaired) electrons. The van der Waals surface area contributed by atoms with Gasteiger partial charge in [-0.3, -0.25) is 13.9 Å². The van der Waals surface area contributed by atoms with Crippen LogP contribution in [-0.4, -0.2) is 57.5 Å². The predicted octanol–water partition coefficient (Wildman–Crippen LogP) is 5.27. The van der Waals surface area contributed by atoms with Gasteiger partial charge in [0.25, 0.3) is 10.0 Å². The number of carbonyl (C=O) groups excluding carboxylic acids is 2. The van der Waals surface area contributed by atoms with E-state index in [9.17, 15) is 18.0 Å². The van der Waals surface area contributed by atoms with E-state index in [4.69, 9.17) is 21.1 Å². The van der Waals surface area contributed by atoms with Crippen molar-refractivity contribution in [3.05, 3.63) is 83.4 Å². The fourth-order valence-electron chi connectivity index (χ4n) is 4.39.